The molecule has 0 spiro atoms. The van der Waals surface area contributed by atoms with Crippen molar-refractivity contribution in [3.63, 3.8) is 0 Å². The fraction of sp³-hybridized carbons (Fsp3) is 0.278. The van der Waals surface area contributed by atoms with Crippen LogP contribution in [0.1, 0.15) is 17.3 Å². The van der Waals surface area contributed by atoms with Gasteiger partial charge in [-0.25, -0.2) is 12.7 Å². The molecule has 0 radical (unpaired) electrons. The van der Waals surface area contributed by atoms with Crippen molar-refractivity contribution < 1.29 is 27.6 Å². The molecule has 0 bridgehead atoms. The van der Waals surface area contributed by atoms with E-state index in [1.54, 1.807) is 6.92 Å². The highest BCUT2D eigenvalue weighted by Crippen LogP contribution is 2.31. The summed E-state index contributed by atoms with van der Waals surface area (Å²) in [5, 5.41) is 13.8. The van der Waals surface area contributed by atoms with Gasteiger partial charge in [-0.05, 0) is 37.3 Å². The topological polar surface area (TPSA) is 128 Å². The van der Waals surface area contributed by atoms with Gasteiger partial charge in [-0.15, -0.1) is 0 Å². The van der Waals surface area contributed by atoms with Gasteiger partial charge in [-0.2, -0.15) is 0 Å². The highest BCUT2D eigenvalue weighted by molar-refractivity contribution is 7.89. The molecule has 11 heteroatoms. The Labute approximate surface area is 168 Å². The molecule has 0 saturated carbocycles. The summed E-state index contributed by atoms with van der Waals surface area (Å²) in [5.41, 5.74) is -0.240. The van der Waals surface area contributed by atoms with E-state index in [2.05, 4.69) is 5.32 Å². The molecule has 10 nitrogen and oxygen atoms in total. The van der Waals surface area contributed by atoms with Crippen LogP contribution < -0.4 is 14.8 Å². The van der Waals surface area contributed by atoms with Crippen LogP contribution in [-0.2, 0) is 10.0 Å². The summed E-state index contributed by atoms with van der Waals surface area (Å²) in [7, 11) is 0.405. The Balaban J connectivity index is 2.42. The lowest BCUT2D eigenvalue weighted by Gasteiger charge is -2.15. The molecule has 0 unspecified atom stereocenters. The van der Waals surface area contributed by atoms with Crippen molar-refractivity contribution in [2.45, 2.75) is 11.8 Å². The van der Waals surface area contributed by atoms with E-state index in [0.717, 1.165) is 10.4 Å². The lowest BCUT2D eigenvalue weighted by Crippen LogP contribution is -2.22. The predicted octanol–water partition coefficient (Wildman–Crippen LogP) is 2.50. The van der Waals surface area contributed by atoms with Gasteiger partial charge in [0.05, 0.1) is 29.2 Å². The van der Waals surface area contributed by atoms with Gasteiger partial charge in [-0.1, -0.05) is 0 Å². The Kier molecular flexibility index (Phi) is 6.77. The number of sulfonamides is 1. The molecule has 0 saturated heterocycles. The molecule has 1 amide bonds. The van der Waals surface area contributed by atoms with Crippen LogP contribution in [0.25, 0.3) is 0 Å². The number of hydrogen-bond acceptors (Lipinski definition) is 7. The predicted molar refractivity (Wildman–Crippen MR) is 106 cm³/mol. The maximum Gasteiger partial charge on any atom is 0.311 e. The lowest BCUT2D eigenvalue weighted by atomic mass is 10.1. The van der Waals surface area contributed by atoms with Crippen molar-refractivity contribution in [3.8, 4) is 11.5 Å². The first kappa shape index (κ1) is 22.1. The van der Waals surface area contributed by atoms with E-state index in [1.165, 1.54) is 51.5 Å². The molecule has 2 aromatic rings. The SMILES string of the molecule is CCOc1ccc(C(=O)Nc2cc(S(=O)(=O)N(C)C)ccc2OC)cc1[N+](=O)[O-]. The van der Waals surface area contributed by atoms with E-state index in [4.69, 9.17) is 9.47 Å². The van der Waals surface area contributed by atoms with Crippen LogP contribution in [0.15, 0.2) is 41.3 Å². The summed E-state index contributed by atoms with van der Waals surface area (Å²) >= 11 is 0. The Morgan fingerprint density at radius 3 is 2.38 bits per heavy atom. The van der Waals surface area contributed by atoms with Crippen LogP contribution in [-0.4, -0.2) is 51.4 Å². The molecule has 0 aliphatic carbocycles. The zero-order chi connectivity index (χ0) is 21.8. The second-order valence-corrected chi connectivity index (χ2v) is 8.13. The molecule has 2 rings (SSSR count). The van der Waals surface area contributed by atoms with Gasteiger partial charge in [0.2, 0.25) is 10.0 Å². The van der Waals surface area contributed by atoms with Crippen molar-refractivity contribution in [3.05, 3.63) is 52.1 Å². The number of nitrogens with zero attached hydrogens (tertiary/aromatic N) is 2. The largest absolute Gasteiger partial charge is 0.495 e. The number of hydrogen-bond donors (Lipinski definition) is 1. The monoisotopic (exact) mass is 423 g/mol. The van der Waals surface area contributed by atoms with Gasteiger partial charge >= 0.3 is 5.69 Å². The minimum Gasteiger partial charge on any atom is -0.495 e. The summed E-state index contributed by atoms with van der Waals surface area (Å²) in [4.78, 5) is 23.2. The zero-order valence-electron chi connectivity index (χ0n) is 16.3. The zero-order valence-corrected chi connectivity index (χ0v) is 17.1. The second-order valence-electron chi connectivity index (χ2n) is 5.98. The Hall–Kier alpha value is -3.18. The average molecular weight is 423 g/mol. The highest BCUT2D eigenvalue weighted by atomic mass is 32.2. The first-order chi connectivity index (χ1) is 13.6. The van der Waals surface area contributed by atoms with Crippen LogP contribution in [0.5, 0.6) is 11.5 Å². The third kappa shape index (κ3) is 4.81. The van der Waals surface area contributed by atoms with Gasteiger partial charge in [0.1, 0.15) is 5.75 Å². The van der Waals surface area contributed by atoms with Gasteiger partial charge in [-0.3, -0.25) is 14.9 Å². The molecule has 1 N–H and O–H groups in total. The van der Waals surface area contributed by atoms with Gasteiger partial charge < -0.3 is 14.8 Å². The van der Waals surface area contributed by atoms with Gasteiger partial charge in [0.15, 0.2) is 5.75 Å². The number of nitro benzene ring substituents is 1. The molecule has 0 atom stereocenters. The molecule has 0 heterocycles. The van der Waals surface area contributed by atoms with E-state index in [-0.39, 0.29) is 39.9 Å². The van der Waals surface area contributed by atoms with E-state index >= 15 is 0 Å². The Morgan fingerprint density at radius 1 is 1.17 bits per heavy atom. The average Bonchev–Trinajstić information content (AvgIpc) is 2.68. The Morgan fingerprint density at radius 2 is 1.83 bits per heavy atom. The van der Waals surface area contributed by atoms with Gasteiger partial charge in [0.25, 0.3) is 5.91 Å². The second kappa shape index (κ2) is 8.88. The number of nitro groups is 1. The summed E-state index contributed by atoms with van der Waals surface area (Å²) in [5.74, 6) is -0.393. The molecular formula is C18H21N3O7S. The summed E-state index contributed by atoms with van der Waals surface area (Å²) in [6.45, 7) is 1.92. The Bertz CT molecular complexity index is 1040. The standard InChI is InChI=1S/C18H21N3O7S/c1-5-28-17-8-6-12(10-15(17)21(23)24)18(22)19-14-11-13(7-9-16(14)27-4)29(25,26)20(2)3/h6-11H,5H2,1-4H3,(H,19,22). The summed E-state index contributed by atoms with van der Waals surface area (Å²) < 4.78 is 36.1. The summed E-state index contributed by atoms with van der Waals surface area (Å²) in [6.07, 6.45) is 0. The first-order valence-electron chi connectivity index (χ1n) is 8.45. The van der Waals surface area contributed by atoms with Crippen LogP contribution in [0.2, 0.25) is 0 Å². The number of methoxy groups -OCH3 is 1. The normalized spacial score (nSPS) is 11.2. The van der Waals surface area contributed by atoms with Crippen molar-refractivity contribution in [1.82, 2.24) is 4.31 Å². The number of carbonyl (C=O) groups is 1. The van der Waals surface area contributed by atoms with Crippen molar-refractivity contribution in [2.75, 3.05) is 33.1 Å². The van der Waals surface area contributed by atoms with Crippen molar-refractivity contribution >= 4 is 27.3 Å². The number of ether oxygens (including phenoxy) is 2. The maximum atomic E-state index is 12.6. The lowest BCUT2D eigenvalue weighted by molar-refractivity contribution is -0.385. The minimum absolute atomic E-state index is 0.00285. The van der Waals surface area contributed by atoms with Crippen LogP contribution in [0.4, 0.5) is 11.4 Å². The number of anilines is 1. The number of nitrogens with one attached hydrogen (secondary N) is 1. The third-order valence-corrected chi connectivity index (χ3v) is 5.73. The molecule has 0 aliphatic rings. The molecule has 0 aliphatic heterocycles. The first-order valence-corrected chi connectivity index (χ1v) is 9.89. The number of amides is 1. The van der Waals surface area contributed by atoms with E-state index in [0.29, 0.717) is 0 Å². The van der Waals surface area contributed by atoms with Crippen molar-refractivity contribution in [1.29, 1.82) is 0 Å². The highest BCUT2D eigenvalue weighted by Gasteiger charge is 2.22. The minimum atomic E-state index is -3.73. The van der Waals surface area contributed by atoms with Crippen molar-refractivity contribution in [2.24, 2.45) is 0 Å². The van der Waals surface area contributed by atoms with Crippen LogP contribution >= 0.6 is 0 Å². The molecule has 29 heavy (non-hydrogen) atoms. The number of benzene rings is 2. The van der Waals surface area contributed by atoms with E-state index in [9.17, 15) is 23.3 Å². The number of carbonyl (C=O) groups excluding carboxylic acids is 1. The summed E-state index contributed by atoms with van der Waals surface area (Å²) in [6, 6.07) is 7.82. The molecule has 0 aromatic heterocycles. The quantitative estimate of drug-likeness (QED) is 0.510. The molecular weight excluding hydrogens is 402 g/mol. The fourth-order valence-corrected chi connectivity index (χ4v) is 3.36. The molecule has 2 aromatic carbocycles. The molecule has 156 valence electrons. The third-order valence-electron chi connectivity index (χ3n) is 3.92. The van der Waals surface area contributed by atoms with Gasteiger partial charge in [0, 0.05) is 25.7 Å². The fourth-order valence-electron chi connectivity index (χ4n) is 2.43. The van der Waals surface area contributed by atoms with Crippen LogP contribution in [0.3, 0.4) is 0 Å². The molecule has 0 fully saturated rings. The van der Waals surface area contributed by atoms with E-state index < -0.39 is 20.9 Å². The smallest absolute Gasteiger partial charge is 0.311 e. The number of rotatable bonds is 8. The maximum absolute atomic E-state index is 12.6. The van der Waals surface area contributed by atoms with Crippen LogP contribution in [0, 0.1) is 10.1 Å². The van der Waals surface area contributed by atoms with E-state index in [1.807, 2.05) is 0 Å².